The lowest BCUT2D eigenvalue weighted by Crippen LogP contribution is -2.17. The minimum absolute atomic E-state index is 0.219. The monoisotopic (exact) mass is 321 g/mol. The Morgan fingerprint density at radius 3 is 2.30 bits per heavy atom. The fourth-order valence-electron chi connectivity index (χ4n) is 1.65. The first kappa shape index (κ1) is 16.9. The highest BCUT2D eigenvalue weighted by Crippen LogP contribution is 2.21. The van der Waals surface area contributed by atoms with E-state index in [4.69, 9.17) is 10.5 Å². The molecule has 0 aliphatic carbocycles. The van der Waals surface area contributed by atoms with E-state index in [0.717, 1.165) is 11.8 Å². The summed E-state index contributed by atoms with van der Waals surface area (Å²) in [5.41, 5.74) is 6.87. The maximum atomic E-state index is 11.9. The van der Waals surface area contributed by atoms with E-state index < -0.39 is 19.7 Å². The molecule has 0 saturated carbocycles. The summed E-state index contributed by atoms with van der Waals surface area (Å²) in [6.45, 7) is 0.296. The first-order chi connectivity index (χ1) is 9.17. The summed E-state index contributed by atoms with van der Waals surface area (Å²) in [6.07, 6.45) is 1.02. The molecule has 0 fully saturated rings. The summed E-state index contributed by atoms with van der Waals surface area (Å²) >= 11 is 0. The van der Waals surface area contributed by atoms with Gasteiger partial charge in [-0.2, -0.15) is 0 Å². The van der Waals surface area contributed by atoms with Crippen molar-refractivity contribution < 1.29 is 21.6 Å². The molecule has 20 heavy (non-hydrogen) atoms. The average molecular weight is 321 g/mol. The number of methoxy groups -OCH3 is 1. The number of benzene rings is 1. The largest absolute Gasteiger partial charge is 0.496 e. The molecule has 0 amide bonds. The average Bonchev–Trinajstić information content (AvgIpc) is 2.35. The molecule has 0 heterocycles. The zero-order valence-corrected chi connectivity index (χ0v) is 13.1. The fraction of sp³-hybridized carbons (Fsp3) is 0.500. The number of hydrogen-bond donors (Lipinski definition) is 1. The predicted octanol–water partition coefficient (Wildman–Crippen LogP) is 0.113. The van der Waals surface area contributed by atoms with Crippen LogP contribution < -0.4 is 10.5 Å². The van der Waals surface area contributed by atoms with Crippen molar-refractivity contribution in [3.8, 4) is 5.75 Å². The Hall–Kier alpha value is -1.12. The Balaban J connectivity index is 2.87. The van der Waals surface area contributed by atoms with E-state index in [9.17, 15) is 16.8 Å². The number of nitrogens with two attached hydrogens (primary N) is 1. The van der Waals surface area contributed by atoms with Gasteiger partial charge < -0.3 is 10.5 Å². The zero-order chi connectivity index (χ0) is 15.4. The van der Waals surface area contributed by atoms with Crippen LogP contribution in [0.5, 0.6) is 5.75 Å². The molecule has 114 valence electrons. The Morgan fingerprint density at radius 1 is 1.15 bits per heavy atom. The number of rotatable bonds is 7. The van der Waals surface area contributed by atoms with Gasteiger partial charge in [-0.25, -0.2) is 16.8 Å². The maximum absolute atomic E-state index is 11.9. The predicted molar refractivity (Wildman–Crippen MR) is 78.1 cm³/mol. The molecular weight excluding hydrogens is 302 g/mol. The van der Waals surface area contributed by atoms with Gasteiger partial charge in [0.15, 0.2) is 9.84 Å². The third-order valence-corrected chi connectivity index (χ3v) is 5.53. The Bertz CT molecular complexity index is 665. The minimum Gasteiger partial charge on any atom is -0.496 e. The van der Waals surface area contributed by atoms with Crippen LogP contribution in [0.25, 0.3) is 0 Å². The third kappa shape index (κ3) is 5.48. The second-order valence-corrected chi connectivity index (χ2v) is 9.02. The molecule has 0 radical (unpaired) electrons. The first-order valence-corrected chi connectivity index (χ1v) is 9.79. The van der Waals surface area contributed by atoms with Gasteiger partial charge in [-0.05, 0) is 11.6 Å². The molecule has 0 bridgehead atoms. The van der Waals surface area contributed by atoms with Gasteiger partial charge in [-0.3, -0.25) is 0 Å². The molecule has 2 N–H and O–H groups in total. The van der Waals surface area contributed by atoms with Crippen LogP contribution in [0.15, 0.2) is 18.2 Å². The number of ether oxygens (including phenoxy) is 1. The van der Waals surface area contributed by atoms with Crippen molar-refractivity contribution in [2.75, 3.05) is 24.9 Å². The molecule has 0 aromatic heterocycles. The van der Waals surface area contributed by atoms with Gasteiger partial charge in [0, 0.05) is 18.4 Å². The van der Waals surface area contributed by atoms with Crippen LogP contribution in [0.2, 0.25) is 0 Å². The van der Waals surface area contributed by atoms with E-state index in [0.29, 0.717) is 17.9 Å². The van der Waals surface area contributed by atoms with Crippen molar-refractivity contribution in [3.05, 3.63) is 29.3 Å². The molecule has 0 unspecified atom stereocenters. The van der Waals surface area contributed by atoms with Gasteiger partial charge >= 0.3 is 0 Å². The zero-order valence-electron chi connectivity index (χ0n) is 11.5. The molecule has 1 rings (SSSR count). The normalized spacial score (nSPS) is 12.3. The Labute approximate surface area is 119 Å². The summed E-state index contributed by atoms with van der Waals surface area (Å²) < 4.78 is 50.9. The quantitative estimate of drug-likeness (QED) is 0.764. The van der Waals surface area contributed by atoms with E-state index in [1.54, 1.807) is 18.2 Å². The molecule has 8 heteroatoms. The van der Waals surface area contributed by atoms with Crippen molar-refractivity contribution in [1.29, 1.82) is 0 Å². The van der Waals surface area contributed by atoms with Gasteiger partial charge in [0.25, 0.3) is 0 Å². The highest BCUT2D eigenvalue weighted by molar-refractivity contribution is 7.94. The van der Waals surface area contributed by atoms with Crippen molar-refractivity contribution in [2.24, 2.45) is 5.73 Å². The molecule has 1 aromatic carbocycles. The van der Waals surface area contributed by atoms with E-state index in [1.807, 2.05) is 0 Å². The highest BCUT2D eigenvalue weighted by Gasteiger charge is 2.16. The SMILES string of the molecule is COc1cc(CS(=O)(=O)CCS(C)(=O)=O)ccc1CN. The van der Waals surface area contributed by atoms with Crippen LogP contribution in [-0.4, -0.2) is 41.7 Å². The lowest BCUT2D eigenvalue weighted by molar-refractivity contribution is 0.409. The molecule has 0 aliphatic rings. The smallest absolute Gasteiger partial charge is 0.155 e. The summed E-state index contributed by atoms with van der Waals surface area (Å²) in [5.74, 6) is -0.438. The summed E-state index contributed by atoms with van der Waals surface area (Å²) in [5, 5.41) is 0. The Morgan fingerprint density at radius 2 is 1.80 bits per heavy atom. The van der Waals surface area contributed by atoms with Crippen molar-refractivity contribution in [2.45, 2.75) is 12.3 Å². The van der Waals surface area contributed by atoms with E-state index in [-0.39, 0.29) is 17.3 Å². The standard InChI is InChI=1S/C12H19NO5S2/c1-18-12-7-10(3-4-11(12)8-13)9-20(16,17)6-5-19(2,14)15/h3-4,7H,5-6,8-9,13H2,1-2H3. The van der Waals surface area contributed by atoms with Crippen LogP contribution in [0.4, 0.5) is 0 Å². The molecule has 6 nitrogen and oxygen atoms in total. The fourth-order valence-corrected chi connectivity index (χ4v) is 4.71. The first-order valence-electron chi connectivity index (χ1n) is 5.91. The van der Waals surface area contributed by atoms with E-state index in [1.165, 1.54) is 7.11 Å². The molecule has 0 aliphatic heterocycles. The minimum atomic E-state index is -3.48. The molecule has 0 spiro atoms. The molecular formula is C12H19NO5S2. The molecule has 1 aromatic rings. The second-order valence-electron chi connectivity index (χ2n) is 4.57. The lowest BCUT2D eigenvalue weighted by Gasteiger charge is -2.09. The van der Waals surface area contributed by atoms with Crippen LogP contribution in [-0.2, 0) is 32.0 Å². The van der Waals surface area contributed by atoms with Crippen molar-refractivity contribution >= 4 is 19.7 Å². The van der Waals surface area contributed by atoms with Gasteiger partial charge in [-0.15, -0.1) is 0 Å². The summed E-state index contributed by atoms with van der Waals surface area (Å²) in [4.78, 5) is 0. The van der Waals surface area contributed by atoms with Gasteiger partial charge in [-0.1, -0.05) is 12.1 Å². The van der Waals surface area contributed by atoms with Gasteiger partial charge in [0.1, 0.15) is 15.6 Å². The molecule has 0 saturated heterocycles. The van der Waals surface area contributed by atoms with Crippen molar-refractivity contribution in [3.63, 3.8) is 0 Å². The van der Waals surface area contributed by atoms with Gasteiger partial charge in [0.05, 0.1) is 24.4 Å². The van der Waals surface area contributed by atoms with E-state index >= 15 is 0 Å². The lowest BCUT2D eigenvalue weighted by atomic mass is 10.1. The highest BCUT2D eigenvalue weighted by atomic mass is 32.2. The van der Waals surface area contributed by atoms with Crippen molar-refractivity contribution in [1.82, 2.24) is 0 Å². The van der Waals surface area contributed by atoms with Crippen LogP contribution >= 0.6 is 0 Å². The second kappa shape index (κ2) is 6.55. The van der Waals surface area contributed by atoms with E-state index in [2.05, 4.69) is 0 Å². The number of sulfone groups is 2. The third-order valence-electron chi connectivity index (χ3n) is 2.72. The summed E-state index contributed by atoms with van der Waals surface area (Å²) in [6, 6.07) is 4.98. The summed E-state index contributed by atoms with van der Waals surface area (Å²) in [7, 11) is -5.29. The number of hydrogen-bond acceptors (Lipinski definition) is 6. The topological polar surface area (TPSA) is 104 Å². The molecule has 0 atom stereocenters. The van der Waals surface area contributed by atoms with Crippen LogP contribution in [0, 0.1) is 0 Å². The van der Waals surface area contributed by atoms with Crippen LogP contribution in [0.1, 0.15) is 11.1 Å². The van der Waals surface area contributed by atoms with Gasteiger partial charge in [0.2, 0.25) is 0 Å². The maximum Gasteiger partial charge on any atom is 0.155 e. The van der Waals surface area contributed by atoms with Crippen LogP contribution in [0.3, 0.4) is 0 Å². The Kier molecular flexibility index (Phi) is 5.55.